The molecule has 0 unspecified atom stereocenters. The van der Waals surface area contributed by atoms with Crippen LogP contribution in [-0.2, 0) is 22.6 Å². The van der Waals surface area contributed by atoms with Gasteiger partial charge >= 0.3 is 5.97 Å². The van der Waals surface area contributed by atoms with E-state index in [4.69, 9.17) is 18.9 Å². The number of aromatic nitrogens is 2. The van der Waals surface area contributed by atoms with E-state index < -0.39 is 0 Å². The lowest BCUT2D eigenvalue weighted by Crippen LogP contribution is -2.08. The first-order valence-corrected chi connectivity index (χ1v) is 11.5. The molecule has 0 saturated heterocycles. The van der Waals surface area contributed by atoms with Gasteiger partial charge in [0.15, 0.2) is 11.5 Å². The Balaban J connectivity index is 1.36. The molecular formula is C28H28N4O5. The van der Waals surface area contributed by atoms with Crippen LogP contribution in [0.1, 0.15) is 11.1 Å². The van der Waals surface area contributed by atoms with Crippen molar-refractivity contribution < 1.29 is 23.7 Å². The molecule has 1 heterocycles. The van der Waals surface area contributed by atoms with Crippen molar-refractivity contribution in [3.05, 3.63) is 90.1 Å². The topological polar surface area (TPSA) is 104 Å². The van der Waals surface area contributed by atoms with Gasteiger partial charge in [-0.15, -0.1) is 0 Å². The molecule has 4 rings (SSSR count). The van der Waals surface area contributed by atoms with Crippen LogP contribution in [0.25, 0.3) is 0 Å². The molecule has 0 saturated carbocycles. The predicted molar refractivity (Wildman–Crippen MR) is 141 cm³/mol. The average molecular weight is 501 g/mol. The summed E-state index contributed by atoms with van der Waals surface area (Å²) in [5.74, 6) is 2.24. The van der Waals surface area contributed by atoms with Crippen LogP contribution in [-0.4, -0.2) is 37.3 Å². The van der Waals surface area contributed by atoms with Gasteiger partial charge in [0.05, 0.1) is 27.8 Å². The predicted octanol–water partition coefficient (Wildman–Crippen LogP) is 5.28. The third-order valence-electron chi connectivity index (χ3n) is 5.39. The van der Waals surface area contributed by atoms with Crippen molar-refractivity contribution in [2.45, 2.75) is 13.0 Å². The molecule has 9 nitrogen and oxygen atoms in total. The molecule has 190 valence electrons. The van der Waals surface area contributed by atoms with E-state index in [1.54, 1.807) is 45.7 Å². The summed E-state index contributed by atoms with van der Waals surface area (Å²) in [5.41, 5.74) is 3.31. The van der Waals surface area contributed by atoms with Gasteiger partial charge < -0.3 is 29.6 Å². The highest BCUT2D eigenvalue weighted by Crippen LogP contribution is 2.40. The molecule has 0 fully saturated rings. The molecule has 0 bridgehead atoms. The van der Waals surface area contributed by atoms with E-state index >= 15 is 0 Å². The Morgan fingerprint density at radius 3 is 2.14 bits per heavy atom. The van der Waals surface area contributed by atoms with Crippen LogP contribution in [0.3, 0.4) is 0 Å². The first-order chi connectivity index (χ1) is 18.1. The van der Waals surface area contributed by atoms with Crippen molar-refractivity contribution in [2.75, 3.05) is 32.0 Å². The number of anilines is 4. The van der Waals surface area contributed by atoms with Gasteiger partial charge in [-0.2, -0.15) is 4.98 Å². The van der Waals surface area contributed by atoms with E-state index in [9.17, 15) is 4.79 Å². The molecule has 0 radical (unpaired) electrons. The molecule has 0 aliphatic heterocycles. The van der Waals surface area contributed by atoms with Crippen molar-refractivity contribution in [2.24, 2.45) is 0 Å². The molecule has 9 heteroatoms. The molecule has 37 heavy (non-hydrogen) atoms. The highest BCUT2D eigenvalue weighted by molar-refractivity contribution is 5.73. The first kappa shape index (κ1) is 25.3. The van der Waals surface area contributed by atoms with Crippen molar-refractivity contribution in [1.82, 2.24) is 9.97 Å². The van der Waals surface area contributed by atoms with E-state index in [1.807, 2.05) is 54.6 Å². The number of carbonyl (C=O) groups is 1. The average Bonchev–Trinajstić information content (AvgIpc) is 2.93. The number of nitrogens with zero attached hydrogens (tertiary/aromatic N) is 2. The normalized spacial score (nSPS) is 10.4. The summed E-state index contributed by atoms with van der Waals surface area (Å²) >= 11 is 0. The largest absolute Gasteiger partial charge is 0.493 e. The van der Waals surface area contributed by atoms with Gasteiger partial charge in [-0.05, 0) is 29.3 Å². The summed E-state index contributed by atoms with van der Waals surface area (Å²) in [6.07, 6.45) is 1.84. The Kier molecular flexibility index (Phi) is 8.38. The van der Waals surface area contributed by atoms with Crippen LogP contribution < -0.4 is 24.8 Å². The van der Waals surface area contributed by atoms with Gasteiger partial charge in [0.25, 0.3) is 0 Å². The molecule has 0 amide bonds. The van der Waals surface area contributed by atoms with Crippen LogP contribution in [0, 0.1) is 0 Å². The Bertz CT molecular complexity index is 1310. The summed E-state index contributed by atoms with van der Waals surface area (Å²) in [4.78, 5) is 21.0. The minimum Gasteiger partial charge on any atom is -0.493 e. The fourth-order valence-electron chi connectivity index (χ4n) is 3.58. The summed E-state index contributed by atoms with van der Waals surface area (Å²) in [5, 5.41) is 6.40. The fraction of sp³-hybridized carbons (Fsp3) is 0.179. The van der Waals surface area contributed by atoms with E-state index in [1.165, 1.54) is 0 Å². The van der Waals surface area contributed by atoms with Gasteiger partial charge in [-0.3, -0.25) is 4.79 Å². The Labute approximate surface area is 215 Å². The monoisotopic (exact) mass is 500 g/mol. The zero-order valence-corrected chi connectivity index (χ0v) is 20.9. The van der Waals surface area contributed by atoms with Gasteiger partial charge in [0.1, 0.15) is 12.4 Å². The standard InChI is InChI=1S/C28H28N4O5/c1-34-23-16-22(17-24(35-2)27(23)36-3)31-28-29-14-13-25(32-28)30-21-11-9-19(10-12-21)15-26(33)37-18-20-7-5-4-6-8-20/h4-14,16-17H,15,18H2,1-3H3,(H2,29,30,31,32). The van der Waals surface area contributed by atoms with Gasteiger partial charge in [-0.1, -0.05) is 42.5 Å². The zero-order valence-electron chi connectivity index (χ0n) is 20.9. The lowest BCUT2D eigenvalue weighted by atomic mass is 10.1. The van der Waals surface area contributed by atoms with Gasteiger partial charge in [-0.25, -0.2) is 4.98 Å². The first-order valence-electron chi connectivity index (χ1n) is 11.5. The third-order valence-corrected chi connectivity index (χ3v) is 5.39. The number of hydrogen-bond donors (Lipinski definition) is 2. The zero-order chi connectivity index (χ0) is 26.0. The second-order valence-corrected chi connectivity index (χ2v) is 7.95. The van der Waals surface area contributed by atoms with Crippen LogP contribution in [0.4, 0.5) is 23.1 Å². The number of carbonyl (C=O) groups excluding carboxylic acids is 1. The Morgan fingerprint density at radius 2 is 1.49 bits per heavy atom. The van der Waals surface area contributed by atoms with Crippen molar-refractivity contribution in [3.8, 4) is 17.2 Å². The lowest BCUT2D eigenvalue weighted by molar-refractivity contribution is -0.144. The molecule has 0 atom stereocenters. The highest BCUT2D eigenvalue weighted by Gasteiger charge is 2.14. The van der Waals surface area contributed by atoms with Crippen LogP contribution >= 0.6 is 0 Å². The maximum atomic E-state index is 12.2. The van der Waals surface area contributed by atoms with Crippen molar-refractivity contribution in [3.63, 3.8) is 0 Å². The molecule has 0 aliphatic carbocycles. The molecular weight excluding hydrogens is 472 g/mol. The SMILES string of the molecule is COc1cc(Nc2nccc(Nc3ccc(CC(=O)OCc4ccccc4)cc3)n2)cc(OC)c1OC. The minimum atomic E-state index is -0.275. The number of benzene rings is 3. The van der Waals surface area contributed by atoms with Crippen molar-refractivity contribution in [1.29, 1.82) is 0 Å². The number of rotatable bonds is 11. The third kappa shape index (κ3) is 6.88. The summed E-state index contributed by atoms with van der Waals surface area (Å²) in [6.45, 7) is 0.263. The lowest BCUT2D eigenvalue weighted by Gasteiger charge is -2.15. The fourth-order valence-corrected chi connectivity index (χ4v) is 3.58. The number of nitrogens with one attached hydrogen (secondary N) is 2. The Hall–Kier alpha value is -4.79. The van der Waals surface area contributed by atoms with E-state index in [0.29, 0.717) is 34.7 Å². The summed E-state index contributed by atoms with van der Waals surface area (Å²) in [6, 6.07) is 22.4. The number of methoxy groups -OCH3 is 3. The van der Waals surface area contributed by atoms with Crippen LogP contribution in [0.15, 0.2) is 79.0 Å². The smallest absolute Gasteiger partial charge is 0.310 e. The summed E-state index contributed by atoms with van der Waals surface area (Å²) in [7, 11) is 4.66. The summed E-state index contributed by atoms with van der Waals surface area (Å²) < 4.78 is 21.5. The quantitative estimate of drug-likeness (QED) is 0.266. The van der Waals surface area contributed by atoms with Gasteiger partial charge in [0, 0.05) is 29.7 Å². The maximum Gasteiger partial charge on any atom is 0.310 e. The van der Waals surface area contributed by atoms with Crippen LogP contribution in [0.2, 0.25) is 0 Å². The molecule has 0 aliphatic rings. The van der Waals surface area contributed by atoms with Gasteiger partial charge in [0.2, 0.25) is 11.7 Å². The van der Waals surface area contributed by atoms with Crippen LogP contribution in [0.5, 0.6) is 17.2 Å². The molecule has 1 aromatic heterocycles. The van der Waals surface area contributed by atoms with Crippen molar-refractivity contribution >= 4 is 29.1 Å². The van der Waals surface area contributed by atoms with E-state index in [2.05, 4.69) is 20.6 Å². The molecule has 4 aromatic rings. The Morgan fingerprint density at radius 1 is 0.784 bits per heavy atom. The molecule has 2 N–H and O–H groups in total. The van der Waals surface area contributed by atoms with E-state index in [-0.39, 0.29) is 19.0 Å². The molecule has 0 spiro atoms. The molecule has 3 aromatic carbocycles. The minimum absolute atomic E-state index is 0.198. The number of hydrogen-bond acceptors (Lipinski definition) is 9. The van der Waals surface area contributed by atoms with E-state index in [0.717, 1.165) is 16.8 Å². The number of esters is 1. The maximum absolute atomic E-state index is 12.2. The second-order valence-electron chi connectivity index (χ2n) is 7.95. The second kappa shape index (κ2) is 12.3. The highest BCUT2D eigenvalue weighted by atomic mass is 16.5. The number of ether oxygens (including phenoxy) is 4.